The molecule has 2 N–H and O–H groups in total. The van der Waals surface area contributed by atoms with E-state index >= 15 is 0 Å². The maximum atomic E-state index is 12.9. The van der Waals surface area contributed by atoms with Crippen LogP contribution in [0, 0.1) is 11.3 Å². The first-order valence-electron chi connectivity index (χ1n) is 8.00. The van der Waals surface area contributed by atoms with Gasteiger partial charge in [0.05, 0.1) is 5.92 Å². The molecule has 1 amide bonds. The van der Waals surface area contributed by atoms with Gasteiger partial charge in [0.1, 0.15) is 0 Å². The van der Waals surface area contributed by atoms with E-state index in [0.717, 1.165) is 12.8 Å². The number of primary amides is 1. The van der Waals surface area contributed by atoms with Crippen molar-refractivity contribution in [2.24, 2.45) is 17.1 Å². The average molecular weight is 324 g/mol. The van der Waals surface area contributed by atoms with E-state index in [1.807, 2.05) is 4.90 Å². The van der Waals surface area contributed by atoms with Gasteiger partial charge in [-0.1, -0.05) is 25.2 Å². The van der Waals surface area contributed by atoms with Crippen LogP contribution in [0.5, 0.6) is 0 Å². The van der Waals surface area contributed by atoms with Crippen LogP contribution in [-0.2, 0) is 14.6 Å². The van der Waals surface area contributed by atoms with Crippen LogP contribution in [0.25, 0.3) is 0 Å². The van der Waals surface area contributed by atoms with E-state index in [4.69, 9.17) is 5.73 Å². The third-order valence-corrected chi connectivity index (χ3v) is 8.06. The summed E-state index contributed by atoms with van der Waals surface area (Å²) >= 11 is 0. The highest BCUT2D eigenvalue weighted by molar-refractivity contribution is 7.92. The lowest BCUT2D eigenvalue weighted by Crippen LogP contribution is -2.63. The van der Waals surface area contributed by atoms with Crippen LogP contribution in [0.4, 0.5) is 0 Å². The van der Waals surface area contributed by atoms with E-state index in [-0.39, 0.29) is 5.75 Å². The third kappa shape index (κ3) is 2.24. The second-order valence-corrected chi connectivity index (χ2v) is 9.23. The van der Waals surface area contributed by atoms with Gasteiger partial charge in [0.15, 0.2) is 14.7 Å². The first kappa shape index (κ1) is 15.7. The number of sulfone groups is 1. The predicted molar refractivity (Wildman–Crippen MR) is 85.6 cm³/mol. The van der Waals surface area contributed by atoms with Crippen LogP contribution < -0.4 is 5.73 Å². The summed E-state index contributed by atoms with van der Waals surface area (Å²) in [6.45, 7) is 3.05. The van der Waals surface area contributed by atoms with Gasteiger partial charge in [-0.25, -0.2) is 8.42 Å². The molecule has 22 heavy (non-hydrogen) atoms. The number of piperidine rings is 1. The molecule has 1 saturated carbocycles. The van der Waals surface area contributed by atoms with Crippen molar-refractivity contribution in [1.29, 1.82) is 0 Å². The summed E-state index contributed by atoms with van der Waals surface area (Å²) in [5, 5.41) is 0. The monoisotopic (exact) mass is 324 g/mol. The summed E-state index contributed by atoms with van der Waals surface area (Å²) in [6, 6.07) is 0. The Morgan fingerprint density at radius 2 is 1.86 bits per heavy atom. The molecule has 0 aromatic carbocycles. The molecule has 0 radical (unpaired) electrons. The van der Waals surface area contributed by atoms with Crippen LogP contribution in [0.2, 0.25) is 0 Å². The molecule has 6 heteroatoms. The normalized spacial score (nSPS) is 34.0. The first-order valence-corrected chi connectivity index (χ1v) is 9.65. The van der Waals surface area contributed by atoms with Gasteiger partial charge in [-0.15, -0.1) is 0 Å². The van der Waals surface area contributed by atoms with Gasteiger partial charge in [0, 0.05) is 18.8 Å². The van der Waals surface area contributed by atoms with Gasteiger partial charge in [-0.3, -0.25) is 9.69 Å². The van der Waals surface area contributed by atoms with E-state index in [1.54, 1.807) is 31.2 Å². The van der Waals surface area contributed by atoms with Crippen LogP contribution in [-0.4, -0.2) is 42.9 Å². The molecule has 3 rings (SSSR count). The molecule has 5 nitrogen and oxygen atoms in total. The fraction of sp³-hybridized carbons (Fsp3) is 0.688. The Morgan fingerprint density at radius 3 is 2.36 bits per heavy atom. The molecule has 3 aliphatic rings. The fourth-order valence-corrected chi connectivity index (χ4v) is 5.85. The Balaban J connectivity index is 2.02. The van der Waals surface area contributed by atoms with Crippen molar-refractivity contribution in [3.05, 3.63) is 24.3 Å². The van der Waals surface area contributed by atoms with Crippen molar-refractivity contribution in [2.75, 3.05) is 18.8 Å². The molecule has 122 valence electrons. The van der Waals surface area contributed by atoms with Crippen LogP contribution in [0.15, 0.2) is 24.3 Å². The fourth-order valence-electron chi connectivity index (χ4n) is 3.94. The highest BCUT2D eigenvalue weighted by Crippen LogP contribution is 2.55. The number of likely N-dealkylation sites (tertiary alicyclic amines) is 1. The highest BCUT2D eigenvalue weighted by atomic mass is 32.2. The minimum Gasteiger partial charge on any atom is -0.369 e. The van der Waals surface area contributed by atoms with E-state index in [2.05, 4.69) is 0 Å². The zero-order chi connectivity index (χ0) is 16.0. The zero-order valence-electron chi connectivity index (χ0n) is 13.0. The Morgan fingerprint density at radius 1 is 1.23 bits per heavy atom. The number of nitrogens with two attached hydrogens (primary N) is 1. The van der Waals surface area contributed by atoms with E-state index in [0.29, 0.717) is 18.5 Å². The summed E-state index contributed by atoms with van der Waals surface area (Å²) in [6.07, 6.45) is 11.3. The molecule has 2 aliphatic carbocycles. The lowest BCUT2D eigenvalue weighted by Gasteiger charge is -2.48. The molecule has 0 aromatic rings. The number of carbonyl (C=O) groups excluding carboxylic acids is 1. The number of hydrogen-bond acceptors (Lipinski definition) is 4. The van der Waals surface area contributed by atoms with Gasteiger partial charge in [-0.05, 0) is 37.2 Å². The van der Waals surface area contributed by atoms with Gasteiger partial charge < -0.3 is 5.73 Å². The van der Waals surface area contributed by atoms with Crippen LogP contribution >= 0.6 is 0 Å². The number of carbonyl (C=O) groups is 1. The van der Waals surface area contributed by atoms with E-state index in [1.165, 1.54) is 12.8 Å². The quantitative estimate of drug-likeness (QED) is 0.843. The molecule has 2 unspecified atom stereocenters. The maximum absolute atomic E-state index is 12.9. The number of amides is 1. The zero-order valence-corrected chi connectivity index (χ0v) is 13.8. The SMILES string of the molecule is CCS(=O)(=O)C1(N2CCC3(CC2)CC3)C=CC=CC1C(N)=O. The van der Waals surface area contributed by atoms with Crippen LogP contribution in [0.3, 0.4) is 0 Å². The largest absolute Gasteiger partial charge is 0.369 e. The minimum absolute atomic E-state index is 0.00337. The summed E-state index contributed by atoms with van der Waals surface area (Å²) < 4.78 is 25.9. The molecular weight excluding hydrogens is 300 g/mol. The Bertz CT molecular complexity index is 624. The molecule has 0 bridgehead atoms. The number of rotatable bonds is 4. The van der Waals surface area contributed by atoms with Crippen LogP contribution in [0.1, 0.15) is 32.6 Å². The molecule has 1 saturated heterocycles. The molecule has 2 atom stereocenters. The van der Waals surface area contributed by atoms with E-state index in [9.17, 15) is 13.2 Å². The second-order valence-electron chi connectivity index (χ2n) is 6.77. The van der Waals surface area contributed by atoms with Crippen molar-refractivity contribution in [2.45, 2.75) is 37.5 Å². The Kier molecular flexibility index (Phi) is 3.72. The topological polar surface area (TPSA) is 80.5 Å². The molecule has 1 heterocycles. The lowest BCUT2D eigenvalue weighted by atomic mass is 9.87. The molecule has 0 aromatic heterocycles. The maximum Gasteiger partial charge on any atom is 0.227 e. The smallest absolute Gasteiger partial charge is 0.227 e. The van der Waals surface area contributed by atoms with Gasteiger partial charge in [0.25, 0.3) is 0 Å². The summed E-state index contributed by atoms with van der Waals surface area (Å²) in [5.74, 6) is -1.41. The Hall–Kier alpha value is -1.14. The van der Waals surface area contributed by atoms with Crippen molar-refractivity contribution >= 4 is 15.7 Å². The lowest BCUT2D eigenvalue weighted by molar-refractivity contribution is -0.122. The Labute approximate surface area is 132 Å². The summed E-state index contributed by atoms with van der Waals surface area (Å²) in [4.78, 5) is 12.6. The summed E-state index contributed by atoms with van der Waals surface area (Å²) in [7, 11) is -3.51. The van der Waals surface area contributed by atoms with Crippen molar-refractivity contribution in [3.8, 4) is 0 Å². The van der Waals surface area contributed by atoms with Crippen molar-refractivity contribution < 1.29 is 13.2 Å². The minimum atomic E-state index is -3.51. The van der Waals surface area contributed by atoms with Crippen molar-refractivity contribution in [3.63, 3.8) is 0 Å². The number of allylic oxidation sites excluding steroid dienone is 2. The third-order valence-electron chi connectivity index (χ3n) is 5.66. The van der Waals surface area contributed by atoms with Gasteiger partial charge in [-0.2, -0.15) is 0 Å². The molecule has 1 aliphatic heterocycles. The predicted octanol–water partition coefficient (Wildman–Crippen LogP) is 1.22. The molecule has 2 fully saturated rings. The van der Waals surface area contributed by atoms with Gasteiger partial charge >= 0.3 is 0 Å². The summed E-state index contributed by atoms with van der Waals surface area (Å²) in [5.41, 5.74) is 6.00. The van der Waals surface area contributed by atoms with E-state index < -0.39 is 26.5 Å². The second kappa shape index (κ2) is 5.20. The standard InChI is InChI=1S/C16H24N2O3S/c1-2-22(20,21)16(6-4-3-5-13(16)14(17)19)18-11-9-15(7-8-15)10-12-18/h3-6,13H,2,7-12H2,1H3,(H2,17,19). The highest BCUT2D eigenvalue weighted by Gasteiger charge is 2.56. The number of hydrogen-bond donors (Lipinski definition) is 1. The molecular formula is C16H24N2O3S. The number of nitrogens with zero attached hydrogens (tertiary/aromatic N) is 1. The van der Waals surface area contributed by atoms with Gasteiger partial charge in [0.2, 0.25) is 5.91 Å². The first-order chi connectivity index (χ1) is 10.4. The van der Waals surface area contributed by atoms with Crippen molar-refractivity contribution in [1.82, 2.24) is 4.90 Å². The average Bonchev–Trinajstić information content (AvgIpc) is 3.26. The molecule has 1 spiro atoms.